The third-order valence-corrected chi connectivity index (χ3v) is 4.35. The first-order valence-electron chi connectivity index (χ1n) is 4.47. The molecule has 1 aliphatic rings. The van der Waals surface area contributed by atoms with Gasteiger partial charge >= 0.3 is 0 Å². The topological polar surface area (TPSA) is 103 Å². The molecule has 0 unspecified atom stereocenters. The molecule has 1 radical (unpaired) electrons. The first-order chi connectivity index (χ1) is 6.18. The van der Waals surface area contributed by atoms with E-state index in [1.54, 1.807) is 0 Å². The zero-order chi connectivity index (χ0) is 9.68. The van der Waals surface area contributed by atoms with Gasteiger partial charge in [-0.25, -0.2) is 0 Å². The largest absolute Gasteiger partial charge is 0.370 e. The highest BCUT2D eigenvalue weighted by Crippen LogP contribution is 2.19. The minimum absolute atomic E-state index is 0.0142. The van der Waals surface area contributed by atoms with Gasteiger partial charge < -0.3 is 17.2 Å². The molecule has 1 saturated heterocycles. The lowest BCUT2D eigenvalue weighted by molar-refractivity contribution is 0.722. The van der Waals surface area contributed by atoms with Crippen LogP contribution in [0.25, 0.3) is 0 Å². The van der Waals surface area contributed by atoms with Crippen molar-refractivity contribution < 1.29 is 0 Å². The van der Waals surface area contributed by atoms with E-state index in [1.807, 2.05) is 0 Å². The van der Waals surface area contributed by atoms with Crippen LogP contribution in [0.15, 0.2) is 9.65 Å². The van der Waals surface area contributed by atoms with E-state index in [1.165, 1.54) is 31.4 Å². The molecule has 0 bridgehead atoms. The lowest BCUT2D eigenvalue weighted by atomic mass is 10.3. The number of aliphatic imine (C=N–C) groups is 1. The van der Waals surface area contributed by atoms with E-state index in [2.05, 4.69) is 9.65 Å². The van der Waals surface area contributed by atoms with E-state index in [4.69, 9.17) is 17.2 Å². The van der Waals surface area contributed by atoms with Crippen LogP contribution in [0.3, 0.4) is 0 Å². The van der Waals surface area contributed by atoms with E-state index in [-0.39, 0.29) is 11.9 Å². The van der Waals surface area contributed by atoms with Crippen molar-refractivity contribution in [1.29, 1.82) is 0 Å². The van der Waals surface area contributed by atoms with E-state index < -0.39 is 8.96 Å². The average Bonchev–Trinajstić information content (AvgIpc) is 2.04. The van der Waals surface area contributed by atoms with Gasteiger partial charge in [0.1, 0.15) is 0 Å². The van der Waals surface area contributed by atoms with Crippen LogP contribution in [0.2, 0.25) is 12.1 Å². The summed E-state index contributed by atoms with van der Waals surface area (Å²) in [5, 5.41) is 0. The Hall–Kier alpha value is -1.04. The molecule has 1 heterocycles. The minimum Gasteiger partial charge on any atom is -0.370 e. The second kappa shape index (κ2) is 4.86. The fourth-order valence-corrected chi connectivity index (χ4v) is 3.55. The van der Waals surface area contributed by atoms with Crippen molar-refractivity contribution in [1.82, 2.24) is 0 Å². The summed E-state index contributed by atoms with van der Waals surface area (Å²) in [6.07, 6.45) is 3.87. The molecule has 0 spiro atoms. The molecule has 0 aromatic heterocycles. The van der Waals surface area contributed by atoms with Crippen LogP contribution in [0.4, 0.5) is 0 Å². The van der Waals surface area contributed by atoms with Crippen molar-refractivity contribution in [3.05, 3.63) is 0 Å². The second-order valence-corrected chi connectivity index (χ2v) is 5.49. The summed E-state index contributed by atoms with van der Waals surface area (Å²) in [4.78, 5) is 3.70. The number of hydrogen-bond acceptors (Lipinski definition) is 1. The van der Waals surface area contributed by atoms with Crippen molar-refractivity contribution in [3.8, 4) is 0 Å². The molecular weight excluding hydrogens is 182 g/mol. The normalized spacial score (nSPS) is 19.8. The Morgan fingerprint density at radius 3 is 2.15 bits per heavy atom. The maximum atomic E-state index is 5.53. The summed E-state index contributed by atoms with van der Waals surface area (Å²) in [6, 6.07) is 2.40. The molecular formula is C7H16N5Si. The fraction of sp³-hybridized carbons (Fsp3) is 0.714. The molecule has 0 saturated carbocycles. The molecule has 5 nitrogen and oxygen atoms in total. The number of nitrogens with two attached hydrogens (primary N) is 3. The van der Waals surface area contributed by atoms with Gasteiger partial charge in [-0.15, -0.1) is 0 Å². The maximum Gasteiger partial charge on any atom is 0.209 e. The van der Waals surface area contributed by atoms with Gasteiger partial charge in [0.25, 0.3) is 0 Å². The standard InChI is InChI=1S/C7H16N5Si/c8-6(9)11-7(10)12-13-4-2-1-3-5-13/h1-5H2,(H6,8,9,10,11,12). The van der Waals surface area contributed by atoms with Crippen molar-refractivity contribution in [2.24, 2.45) is 26.9 Å². The van der Waals surface area contributed by atoms with Gasteiger partial charge in [-0.1, -0.05) is 19.3 Å². The van der Waals surface area contributed by atoms with Crippen LogP contribution in [0.5, 0.6) is 0 Å². The summed E-state index contributed by atoms with van der Waals surface area (Å²) in [6.45, 7) is 0. The van der Waals surface area contributed by atoms with Gasteiger partial charge in [-0.05, 0) is 12.1 Å². The molecule has 0 aliphatic carbocycles. The molecule has 13 heavy (non-hydrogen) atoms. The highest BCUT2D eigenvalue weighted by Gasteiger charge is 2.15. The quantitative estimate of drug-likeness (QED) is 0.307. The van der Waals surface area contributed by atoms with Crippen molar-refractivity contribution in [2.45, 2.75) is 31.4 Å². The number of hydrogen-bond donors (Lipinski definition) is 3. The van der Waals surface area contributed by atoms with Gasteiger partial charge in [-0.2, -0.15) is 4.99 Å². The minimum atomic E-state index is -0.648. The molecule has 1 rings (SSSR count). The predicted octanol–water partition coefficient (Wildman–Crippen LogP) is -0.250. The van der Waals surface area contributed by atoms with Crippen LogP contribution in [-0.2, 0) is 0 Å². The number of nitrogens with zero attached hydrogens (tertiary/aromatic N) is 2. The Labute approximate surface area is 79.8 Å². The van der Waals surface area contributed by atoms with Gasteiger partial charge in [0, 0.05) is 0 Å². The van der Waals surface area contributed by atoms with Crippen molar-refractivity contribution in [2.75, 3.05) is 0 Å². The first-order valence-corrected chi connectivity index (χ1v) is 6.33. The van der Waals surface area contributed by atoms with Gasteiger partial charge in [0.05, 0.1) is 0 Å². The SMILES string of the molecule is NC(N)=NC(N)=N[Si]1CCCCC1. The summed E-state index contributed by atoms with van der Waals surface area (Å²) >= 11 is 0. The molecule has 0 amide bonds. The molecule has 6 N–H and O–H groups in total. The van der Waals surface area contributed by atoms with Crippen LogP contribution in [-0.4, -0.2) is 20.9 Å². The molecule has 6 heteroatoms. The molecule has 1 aliphatic heterocycles. The van der Waals surface area contributed by atoms with Gasteiger partial charge in [0.15, 0.2) is 5.96 Å². The van der Waals surface area contributed by atoms with E-state index in [0.29, 0.717) is 0 Å². The zero-order valence-electron chi connectivity index (χ0n) is 7.66. The van der Waals surface area contributed by atoms with Crippen molar-refractivity contribution in [3.63, 3.8) is 0 Å². The first kappa shape index (κ1) is 10.0. The Morgan fingerprint density at radius 1 is 1.00 bits per heavy atom. The predicted molar refractivity (Wildman–Crippen MR) is 56.7 cm³/mol. The maximum absolute atomic E-state index is 5.53. The lowest BCUT2D eigenvalue weighted by Crippen LogP contribution is -2.28. The van der Waals surface area contributed by atoms with E-state index >= 15 is 0 Å². The van der Waals surface area contributed by atoms with Crippen molar-refractivity contribution >= 4 is 20.9 Å². The van der Waals surface area contributed by atoms with Crippen LogP contribution < -0.4 is 17.2 Å². The molecule has 1 fully saturated rings. The van der Waals surface area contributed by atoms with E-state index in [9.17, 15) is 0 Å². The average molecular weight is 198 g/mol. The monoisotopic (exact) mass is 198 g/mol. The summed E-state index contributed by atoms with van der Waals surface area (Å²) < 4.78 is 4.32. The highest BCUT2D eigenvalue weighted by atomic mass is 28.3. The third kappa shape index (κ3) is 3.93. The summed E-state index contributed by atoms with van der Waals surface area (Å²) in [7, 11) is -0.648. The Morgan fingerprint density at radius 2 is 1.62 bits per heavy atom. The van der Waals surface area contributed by atoms with Crippen LogP contribution in [0, 0.1) is 0 Å². The van der Waals surface area contributed by atoms with Crippen LogP contribution >= 0.6 is 0 Å². The highest BCUT2D eigenvalue weighted by molar-refractivity contribution is 6.58. The molecule has 0 atom stereocenters. The molecule has 0 aromatic carbocycles. The smallest absolute Gasteiger partial charge is 0.209 e. The zero-order valence-corrected chi connectivity index (χ0v) is 8.66. The van der Waals surface area contributed by atoms with Gasteiger partial charge in [0.2, 0.25) is 14.9 Å². The third-order valence-electron chi connectivity index (χ3n) is 1.95. The number of rotatable bonds is 1. The Kier molecular flexibility index (Phi) is 3.75. The summed E-state index contributed by atoms with van der Waals surface area (Å²) in [5.41, 5.74) is 15.9. The second-order valence-electron chi connectivity index (χ2n) is 3.13. The van der Waals surface area contributed by atoms with E-state index in [0.717, 1.165) is 0 Å². The molecule has 0 aromatic rings. The fourth-order valence-electron chi connectivity index (χ4n) is 1.39. The molecule has 73 valence electrons. The Balaban J connectivity index is 2.48. The Bertz CT molecular complexity index is 215. The van der Waals surface area contributed by atoms with Gasteiger partial charge in [-0.3, -0.25) is 4.66 Å². The summed E-state index contributed by atoms with van der Waals surface area (Å²) in [5.74, 6) is 0.232. The number of guanidine groups is 2. The lowest BCUT2D eigenvalue weighted by Gasteiger charge is -2.14. The van der Waals surface area contributed by atoms with Crippen LogP contribution in [0.1, 0.15) is 19.3 Å².